The number of urea groups is 1. The van der Waals surface area contributed by atoms with Gasteiger partial charge in [0.05, 0.1) is 11.4 Å². The molecule has 1 aromatic rings. The third kappa shape index (κ3) is 5.09. The van der Waals surface area contributed by atoms with E-state index in [2.05, 4.69) is 0 Å². The van der Waals surface area contributed by atoms with Crippen LogP contribution in [0.25, 0.3) is 0 Å². The molecule has 0 radical (unpaired) electrons. The molecule has 1 heterocycles. The van der Waals surface area contributed by atoms with E-state index in [0.29, 0.717) is 37.0 Å². The van der Waals surface area contributed by atoms with E-state index in [0.717, 1.165) is 0 Å². The topological polar surface area (TPSA) is 113 Å². The number of nitrogens with one attached hydrogen (secondary N) is 1. The molecule has 1 saturated heterocycles. The SMILES string of the molecule is NC(=O)NC(=O)CN1CCN(S(=O)(=O)c2ccc(C3CCCCC3)cc2)CC1. The van der Waals surface area contributed by atoms with Crippen LogP contribution in [-0.2, 0) is 14.8 Å². The second kappa shape index (κ2) is 9.02. The minimum Gasteiger partial charge on any atom is -0.351 e. The molecule has 28 heavy (non-hydrogen) atoms. The number of carbonyl (C=O) groups is 2. The van der Waals surface area contributed by atoms with Gasteiger partial charge in [0.25, 0.3) is 0 Å². The van der Waals surface area contributed by atoms with Gasteiger partial charge in [0.1, 0.15) is 0 Å². The van der Waals surface area contributed by atoms with Crippen molar-refractivity contribution in [2.75, 3.05) is 32.7 Å². The number of hydrogen-bond donors (Lipinski definition) is 2. The highest BCUT2D eigenvalue weighted by molar-refractivity contribution is 7.89. The summed E-state index contributed by atoms with van der Waals surface area (Å²) in [6.07, 6.45) is 6.13. The Morgan fingerprint density at radius 1 is 1.00 bits per heavy atom. The van der Waals surface area contributed by atoms with Crippen LogP contribution < -0.4 is 11.1 Å². The number of primary amides is 1. The number of carbonyl (C=O) groups excluding carboxylic acids is 2. The fourth-order valence-corrected chi connectivity index (χ4v) is 5.43. The Morgan fingerprint density at radius 2 is 1.61 bits per heavy atom. The Bertz CT molecular complexity index is 796. The predicted octanol–water partition coefficient (Wildman–Crippen LogP) is 1.24. The first-order valence-corrected chi connectivity index (χ1v) is 11.2. The third-order valence-corrected chi connectivity index (χ3v) is 7.47. The molecule has 3 amide bonds. The average Bonchev–Trinajstić information content (AvgIpc) is 2.68. The molecular weight excluding hydrogens is 380 g/mol. The van der Waals surface area contributed by atoms with Crippen molar-refractivity contribution >= 4 is 22.0 Å². The molecule has 2 aliphatic rings. The maximum atomic E-state index is 12.9. The van der Waals surface area contributed by atoms with Crippen LogP contribution in [0.4, 0.5) is 4.79 Å². The first kappa shape index (κ1) is 20.8. The summed E-state index contributed by atoms with van der Waals surface area (Å²) in [7, 11) is -3.55. The Kier molecular flexibility index (Phi) is 6.69. The molecule has 2 fully saturated rings. The van der Waals surface area contributed by atoms with Gasteiger partial charge in [0.15, 0.2) is 0 Å². The number of sulfonamides is 1. The molecule has 1 aliphatic carbocycles. The lowest BCUT2D eigenvalue weighted by Crippen LogP contribution is -2.51. The number of amides is 3. The highest BCUT2D eigenvalue weighted by Gasteiger charge is 2.29. The van der Waals surface area contributed by atoms with Crippen molar-refractivity contribution in [3.05, 3.63) is 29.8 Å². The molecule has 0 spiro atoms. The Labute approximate surface area is 166 Å². The van der Waals surface area contributed by atoms with Crippen LogP contribution >= 0.6 is 0 Å². The number of nitrogens with two attached hydrogens (primary N) is 1. The van der Waals surface area contributed by atoms with Crippen LogP contribution in [-0.4, -0.2) is 62.3 Å². The summed E-state index contributed by atoms with van der Waals surface area (Å²) >= 11 is 0. The fourth-order valence-electron chi connectivity index (χ4n) is 4.00. The van der Waals surface area contributed by atoms with Gasteiger partial charge in [-0.25, -0.2) is 13.2 Å². The lowest BCUT2D eigenvalue weighted by Gasteiger charge is -2.33. The third-order valence-electron chi connectivity index (χ3n) is 5.56. The number of rotatable bonds is 5. The van der Waals surface area contributed by atoms with Crippen LogP contribution in [0.3, 0.4) is 0 Å². The molecule has 1 aliphatic heterocycles. The maximum absolute atomic E-state index is 12.9. The minimum absolute atomic E-state index is 0.0207. The quantitative estimate of drug-likeness (QED) is 0.761. The van der Waals surface area contributed by atoms with Crippen molar-refractivity contribution in [1.29, 1.82) is 0 Å². The fraction of sp³-hybridized carbons (Fsp3) is 0.579. The van der Waals surface area contributed by atoms with Gasteiger partial charge in [-0.05, 0) is 36.5 Å². The lowest BCUT2D eigenvalue weighted by molar-refractivity contribution is -0.121. The van der Waals surface area contributed by atoms with E-state index in [1.807, 2.05) is 17.4 Å². The van der Waals surface area contributed by atoms with E-state index in [-0.39, 0.29) is 6.54 Å². The van der Waals surface area contributed by atoms with E-state index < -0.39 is 22.0 Å². The highest BCUT2D eigenvalue weighted by atomic mass is 32.2. The number of nitrogens with zero attached hydrogens (tertiary/aromatic N) is 2. The monoisotopic (exact) mass is 408 g/mol. The number of piperazine rings is 1. The molecule has 1 aromatic carbocycles. The summed E-state index contributed by atoms with van der Waals surface area (Å²) in [5.41, 5.74) is 6.15. The number of benzene rings is 1. The standard InChI is InChI=1S/C19H28N4O4S/c20-19(25)21-18(24)14-22-10-12-23(13-11-22)28(26,27)17-8-6-16(7-9-17)15-4-2-1-3-5-15/h6-9,15H,1-5,10-14H2,(H3,20,21,24,25). The van der Waals surface area contributed by atoms with Gasteiger partial charge in [-0.3, -0.25) is 15.0 Å². The first-order valence-electron chi connectivity index (χ1n) is 9.78. The molecule has 0 aromatic heterocycles. The van der Waals surface area contributed by atoms with E-state index >= 15 is 0 Å². The summed E-state index contributed by atoms with van der Waals surface area (Å²) < 4.78 is 27.3. The summed E-state index contributed by atoms with van der Waals surface area (Å²) in [5, 5.41) is 2.02. The molecule has 0 unspecified atom stereocenters. The highest BCUT2D eigenvalue weighted by Crippen LogP contribution is 2.33. The van der Waals surface area contributed by atoms with E-state index in [1.165, 1.54) is 42.0 Å². The van der Waals surface area contributed by atoms with Crippen LogP contribution in [0.5, 0.6) is 0 Å². The second-order valence-electron chi connectivity index (χ2n) is 7.50. The van der Waals surface area contributed by atoms with E-state index in [4.69, 9.17) is 5.73 Å². The minimum atomic E-state index is -3.55. The normalized spacial score (nSPS) is 20.0. The van der Waals surface area contributed by atoms with Gasteiger partial charge in [-0.1, -0.05) is 31.4 Å². The summed E-state index contributed by atoms with van der Waals surface area (Å²) in [6.45, 7) is 1.47. The zero-order chi connectivity index (χ0) is 20.1. The number of hydrogen-bond acceptors (Lipinski definition) is 5. The maximum Gasteiger partial charge on any atom is 0.318 e. The van der Waals surface area contributed by atoms with Crippen LogP contribution in [0.2, 0.25) is 0 Å². The summed E-state index contributed by atoms with van der Waals surface area (Å²) in [5.74, 6) is 0.0581. The molecular formula is C19H28N4O4S. The first-order chi connectivity index (χ1) is 13.4. The van der Waals surface area contributed by atoms with Gasteiger partial charge in [-0.15, -0.1) is 0 Å². The van der Waals surface area contributed by atoms with Gasteiger partial charge < -0.3 is 5.73 Å². The molecule has 3 rings (SSSR count). The smallest absolute Gasteiger partial charge is 0.318 e. The zero-order valence-electron chi connectivity index (χ0n) is 16.0. The van der Waals surface area contributed by atoms with Crippen LogP contribution in [0.1, 0.15) is 43.6 Å². The van der Waals surface area contributed by atoms with Gasteiger partial charge in [0, 0.05) is 26.2 Å². The van der Waals surface area contributed by atoms with Crippen LogP contribution in [0, 0.1) is 0 Å². The lowest BCUT2D eigenvalue weighted by atomic mass is 9.84. The van der Waals surface area contributed by atoms with Crippen molar-refractivity contribution in [2.24, 2.45) is 5.73 Å². The Balaban J connectivity index is 1.57. The van der Waals surface area contributed by atoms with Crippen molar-refractivity contribution < 1.29 is 18.0 Å². The molecule has 154 valence electrons. The van der Waals surface area contributed by atoms with E-state index in [1.54, 1.807) is 17.0 Å². The second-order valence-corrected chi connectivity index (χ2v) is 9.43. The van der Waals surface area contributed by atoms with Gasteiger partial charge >= 0.3 is 6.03 Å². The van der Waals surface area contributed by atoms with Crippen molar-refractivity contribution in [3.8, 4) is 0 Å². The molecule has 3 N–H and O–H groups in total. The van der Waals surface area contributed by atoms with Gasteiger partial charge in [0.2, 0.25) is 15.9 Å². The average molecular weight is 409 g/mol. The van der Waals surface area contributed by atoms with E-state index in [9.17, 15) is 18.0 Å². The Morgan fingerprint density at radius 3 is 2.18 bits per heavy atom. The number of imide groups is 1. The summed E-state index contributed by atoms with van der Waals surface area (Å²) in [4.78, 5) is 24.4. The van der Waals surface area contributed by atoms with Crippen molar-refractivity contribution in [1.82, 2.24) is 14.5 Å². The Hall–Kier alpha value is -1.97. The largest absolute Gasteiger partial charge is 0.351 e. The van der Waals surface area contributed by atoms with Crippen molar-refractivity contribution in [3.63, 3.8) is 0 Å². The molecule has 0 bridgehead atoms. The molecule has 0 atom stereocenters. The molecule has 1 saturated carbocycles. The molecule has 9 heteroatoms. The summed E-state index contributed by atoms with van der Waals surface area (Å²) in [6, 6.07) is 6.45. The predicted molar refractivity (Wildman–Crippen MR) is 105 cm³/mol. The van der Waals surface area contributed by atoms with Gasteiger partial charge in [-0.2, -0.15) is 4.31 Å². The zero-order valence-corrected chi connectivity index (χ0v) is 16.8. The van der Waals surface area contributed by atoms with Crippen molar-refractivity contribution in [2.45, 2.75) is 42.9 Å². The van der Waals surface area contributed by atoms with Crippen LogP contribution in [0.15, 0.2) is 29.2 Å². The molecule has 8 nitrogen and oxygen atoms in total.